The molecule has 7 heteroatoms. The van der Waals surface area contributed by atoms with Crippen molar-refractivity contribution in [3.8, 4) is 11.4 Å². The summed E-state index contributed by atoms with van der Waals surface area (Å²) in [5.74, 6) is 0.721. The van der Waals surface area contributed by atoms with E-state index in [2.05, 4.69) is 20.2 Å². The first-order valence-corrected chi connectivity index (χ1v) is 10.5. The number of hydrogen-bond acceptors (Lipinski definition) is 6. The highest BCUT2D eigenvalue weighted by atomic mass is 16.2. The third kappa shape index (κ3) is 4.88. The number of hydrogen-bond donors (Lipinski definition) is 2. The summed E-state index contributed by atoms with van der Waals surface area (Å²) in [7, 11) is 0. The van der Waals surface area contributed by atoms with Crippen LogP contribution in [-0.4, -0.2) is 32.3 Å². The standard InChI is InChI=1S/C24H28N6O/c1-24(2,3)23(31)29-20-8-10-26-12-17(20)14-30-11-9-21-18(15-30)13-27-22(28-21)16-4-6-19(25)7-5-16/h4-8,10,12-13H,9,11,14-15,25H2,1-3H3,(H,26,29,31). The monoisotopic (exact) mass is 416 g/mol. The van der Waals surface area contributed by atoms with Crippen molar-refractivity contribution >= 4 is 17.3 Å². The fraction of sp³-hybridized carbons (Fsp3) is 0.333. The van der Waals surface area contributed by atoms with Crippen molar-refractivity contribution in [2.45, 2.75) is 40.3 Å². The fourth-order valence-corrected chi connectivity index (χ4v) is 3.51. The number of nitrogens with one attached hydrogen (secondary N) is 1. The lowest BCUT2D eigenvalue weighted by Crippen LogP contribution is -2.32. The lowest BCUT2D eigenvalue weighted by Gasteiger charge is -2.29. The molecule has 3 N–H and O–H groups in total. The van der Waals surface area contributed by atoms with Crippen LogP contribution in [0.2, 0.25) is 0 Å². The number of pyridine rings is 1. The Morgan fingerprint density at radius 1 is 1.16 bits per heavy atom. The molecular weight excluding hydrogens is 388 g/mol. The lowest BCUT2D eigenvalue weighted by molar-refractivity contribution is -0.123. The van der Waals surface area contributed by atoms with E-state index in [9.17, 15) is 4.79 Å². The molecular formula is C24H28N6O. The number of carbonyl (C=O) groups is 1. The van der Waals surface area contributed by atoms with Crippen LogP contribution in [0.15, 0.2) is 48.9 Å². The first-order valence-electron chi connectivity index (χ1n) is 10.5. The number of nitrogens with zero attached hydrogens (tertiary/aromatic N) is 4. The summed E-state index contributed by atoms with van der Waals surface area (Å²) < 4.78 is 0. The Labute approximate surface area is 182 Å². The van der Waals surface area contributed by atoms with Gasteiger partial charge in [0, 0.05) is 78.1 Å². The van der Waals surface area contributed by atoms with Crippen molar-refractivity contribution in [2.24, 2.45) is 5.41 Å². The molecule has 0 radical (unpaired) electrons. The maximum absolute atomic E-state index is 12.4. The summed E-state index contributed by atoms with van der Waals surface area (Å²) in [5.41, 5.74) is 11.1. The molecule has 1 amide bonds. The smallest absolute Gasteiger partial charge is 0.229 e. The SMILES string of the molecule is CC(C)(C)C(=O)Nc1ccncc1CN1CCc2nc(-c3ccc(N)cc3)ncc2C1. The highest BCUT2D eigenvalue weighted by Gasteiger charge is 2.23. The van der Waals surface area contributed by atoms with Crippen molar-refractivity contribution in [3.63, 3.8) is 0 Å². The second kappa shape index (κ2) is 8.43. The van der Waals surface area contributed by atoms with Gasteiger partial charge in [-0.25, -0.2) is 9.97 Å². The Bertz CT molecular complexity index is 1090. The molecule has 1 aliphatic heterocycles. The van der Waals surface area contributed by atoms with Gasteiger partial charge >= 0.3 is 0 Å². The van der Waals surface area contributed by atoms with Gasteiger partial charge in [-0.1, -0.05) is 20.8 Å². The van der Waals surface area contributed by atoms with Gasteiger partial charge in [-0.3, -0.25) is 14.7 Å². The van der Waals surface area contributed by atoms with Crippen molar-refractivity contribution in [3.05, 3.63) is 65.7 Å². The molecule has 1 aromatic carbocycles. The van der Waals surface area contributed by atoms with Gasteiger partial charge in [0.1, 0.15) is 0 Å². The Kier molecular flexibility index (Phi) is 5.69. The molecule has 0 saturated heterocycles. The van der Waals surface area contributed by atoms with Crippen molar-refractivity contribution in [1.29, 1.82) is 0 Å². The van der Waals surface area contributed by atoms with Crippen LogP contribution in [0.25, 0.3) is 11.4 Å². The van der Waals surface area contributed by atoms with Crippen molar-refractivity contribution < 1.29 is 4.79 Å². The van der Waals surface area contributed by atoms with Crippen LogP contribution in [0.5, 0.6) is 0 Å². The van der Waals surface area contributed by atoms with Gasteiger partial charge < -0.3 is 11.1 Å². The molecule has 4 rings (SSSR count). The van der Waals surface area contributed by atoms with Crippen LogP contribution in [0.4, 0.5) is 11.4 Å². The number of fused-ring (bicyclic) bond motifs is 1. The minimum absolute atomic E-state index is 0.00691. The Balaban J connectivity index is 1.48. The summed E-state index contributed by atoms with van der Waals surface area (Å²) in [5, 5.41) is 3.05. The third-order valence-electron chi connectivity index (χ3n) is 5.41. The van der Waals surface area contributed by atoms with E-state index in [1.54, 1.807) is 6.20 Å². The number of carbonyl (C=O) groups excluding carboxylic acids is 1. The zero-order valence-electron chi connectivity index (χ0n) is 18.2. The topological polar surface area (TPSA) is 97.0 Å². The average molecular weight is 417 g/mol. The second-order valence-corrected chi connectivity index (χ2v) is 8.99. The molecule has 0 fully saturated rings. The van der Waals surface area contributed by atoms with Crippen LogP contribution >= 0.6 is 0 Å². The quantitative estimate of drug-likeness (QED) is 0.630. The molecule has 0 unspecified atom stereocenters. The highest BCUT2D eigenvalue weighted by molar-refractivity contribution is 5.95. The van der Waals surface area contributed by atoms with Gasteiger partial charge in [-0.15, -0.1) is 0 Å². The zero-order chi connectivity index (χ0) is 22.0. The minimum atomic E-state index is -0.454. The molecule has 0 atom stereocenters. The van der Waals surface area contributed by atoms with Gasteiger partial charge in [0.25, 0.3) is 0 Å². The van der Waals surface area contributed by atoms with Crippen LogP contribution in [0, 0.1) is 5.41 Å². The number of benzene rings is 1. The molecule has 3 heterocycles. The van der Waals surface area contributed by atoms with Gasteiger partial charge in [-0.05, 0) is 30.3 Å². The van der Waals surface area contributed by atoms with E-state index in [-0.39, 0.29) is 5.91 Å². The number of anilines is 2. The molecule has 0 spiro atoms. The normalized spacial score (nSPS) is 14.2. The Morgan fingerprint density at radius 2 is 1.94 bits per heavy atom. The molecule has 31 heavy (non-hydrogen) atoms. The van der Waals surface area contributed by atoms with E-state index < -0.39 is 5.41 Å². The van der Waals surface area contributed by atoms with Crippen LogP contribution in [-0.2, 0) is 24.3 Å². The van der Waals surface area contributed by atoms with Gasteiger partial charge in [0.05, 0.1) is 5.69 Å². The summed E-state index contributed by atoms with van der Waals surface area (Å²) in [6.45, 7) is 8.06. The van der Waals surface area contributed by atoms with E-state index in [0.717, 1.165) is 59.1 Å². The molecule has 2 aromatic heterocycles. The van der Waals surface area contributed by atoms with Crippen molar-refractivity contribution in [1.82, 2.24) is 19.9 Å². The first-order chi connectivity index (χ1) is 14.8. The molecule has 0 saturated carbocycles. The fourth-order valence-electron chi connectivity index (χ4n) is 3.51. The molecule has 0 aliphatic carbocycles. The maximum atomic E-state index is 12.4. The first kappa shape index (κ1) is 20.9. The second-order valence-electron chi connectivity index (χ2n) is 8.99. The third-order valence-corrected chi connectivity index (χ3v) is 5.41. The lowest BCUT2D eigenvalue weighted by atomic mass is 9.95. The molecule has 160 valence electrons. The largest absolute Gasteiger partial charge is 0.399 e. The van der Waals surface area contributed by atoms with E-state index >= 15 is 0 Å². The van der Waals surface area contributed by atoms with Crippen LogP contribution in [0.3, 0.4) is 0 Å². The number of amides is 1. The number of nitrogens with two attached hydrogens (primary N) is 1. The number of rotatable bonds is 4. The van der Waals surface area contributed by atoms with E-state index in [4.69, 9.17) is 10.7 Å². The predicted octanol–water partition coefficient (Wildman–Crippen LogP) is 3.66. The van der Waals surface area contributed by atoms with Crippen LogP contribution in [0.1, 0.15) is 37.6 Å². The number of nitrogen functional groups attached to an aromatic ring is 1. The van der Waals surface area contributed by atoms with E-state index in [0.29, 0.717) is 6.54 Å². The minimum Gasteiger partial charge on any atom is -0.399 e. The summed E-state index contributed by atoms with van der Waals surface area (Å²) in [6.07, 6.45) is 6.31. The highest BCUT2D eigenvalue weighted by Crippen LogP contribution is 2.25. The summed E-state index contributed by atoms with van der Waals surface area (Å²) in [4.78, 5) is 28.4. The van der Waals surface area contributed by atoms with Crippen LogP contribution < -0.4 is 11.1 Å². The van der Waals surface area contributed by atoms with E-state index in [1.165, 1.54) is 0 Å². The summed E-state index contributed by atoms with van der Waals surface area (Å²) >= 11 is 0. The van der Waals surface area contributed by atoms with Gasteiger partial charge in [0.15, 0.2) is 5.82 Å². The molecule has 1 aliphatic rings. The maximum Gasteiger partial charge on any atom is 0.229 e. The Morgan fingerprint density at radius 3 is 2.68 bits per heavy atom. The Hall–Kier alpha value is -3.32. The molecule has 3 aromatic rings. The summed E-state index contributed by atoms with van der Waals surface area (Å²) in [6, 6.07) is 9.48. The molecule has 7 nitrogen and oxygen atoms in total. The molecule has 0 bridgehead atoms. The van der Waals surface area contributed by atoms with Crippen molar-refractivity contribution in [2.75, 3.05) is 17.6 Å². The van der Waals surface area contributed by atoms with Gasteiger partial charge in [0.2, 0.25) is 5.91 Å². The number of aromatic nitrogens is 3. The predicted molar refractivity (Wildman–Crippen MR) is 122 cm³/mol. The zero-order valence-corrected chi connectivity index (χ0v) is 18.2. The van der Waals surface area contributed by atoms with E-state index in [1.807, 2.05) is 63.5 Å². The average Bonchev–Trinajstić information content (AvgIpc) is 2.74. The van der Waals surface area contributed by atoms with Gasteiger partial charge in [-0.2, -0.15) is 0 Å².